The number of carbonyl (C=O) groups excluding carboxylic acids is 2. The summed E-state index contributed by atoms with van der Waals surface area (Å²) >= 11 is 0. The largest absolute Gasteiger partial charge is 0.335 e. The Kier molecular flexibility index (Phi) is 5.46. The van der Waals surface area contributed by atoms with E-state index in [1.165, 1.54) is 0 Å². The van der Waals surface area contributed by atoms with Gasteiger partial charge in [-0.2, -0.15) is 0 Å². The van der Waals surface area contributed by atoms with Gasteiger partial charge in [0.1, 0.15) is 0 Å². The fraction of sp³-hybridized carbons (Fsp3) is 0.300. The Hall–Kier alpha value is -2.66. The second-order valence-corrected chi connectivity index (χ2v) is 6.27. The number of carbonyl (C=O) groups is 2. The van der Waals surface area contributed by atoms with E-state index in [0.29, 0.717) is 13.2 Å². The van der Waals surface area contributed by atoms with Crippen molar-refractivity contribution >= 4 is 11.8 Å². The van der Waals surface area contributed by atoms with Crippen molar-refractivity contribution in [2.45, 2.75) is 26.0 Å². The van der Waals surface area contributed by atoms with E-state index >= 15 is 0 Å². The van der Waals surface area contributed by atoms with E-state index < -0.39 is 0 Å². The summed E-state index contributed by atoms with van der Waals surface area (Å²) in [7, 11) is 0. The molecule has 5 heteroatoms. The Labute approximate surface area is 147 Å². The summed E-state index contributed by atoms with van der Waals surface area (Å²) in [6.07, 6.45) is 0.220. The number of hydrogen-bond acceptors (Lipinski definition) is 3. The van der Waals surface area contributed by atoms with Crippen LogP contribution in [-0.4, -0.2) is 23.3 Å². The zero-order chi connectivity index (χ0) is 17.6. The quantitative estimate of drug-likeness (QED) is 0.824. The maximum absolute atomic E-state index is 12.3. The SMILES string of the molecule is C[C@@H](c1ccccc1)N1C[C@@H](C(=O)NOCc2ccccc2)CC1=O. The molecular weight excluding hydrogens is 316 g/mol. The van der Waals surface area contributed by atoms with Crippen LogP contribution in [0.15, 0.2) is 60.7 Å². The first-order valence-electron chi connectivity index (χ1n) is 8.45. The average Bonchev–Trinajstić information content (AvgIpc) is 3.04. The lowest BCUT2D eigenvalue weighted by atomic mass is 10.1. The topological polar surface area (TPSA) is 58.6 Å². The number of nitrogens with one attached hydrogen (secondary N) is 1. The third-order valence-corrected chi connectivity index (χ3v) is 4.53. The fourth-order valence-electron chi connectivity index (χ4n) is 3.04. The number of benzene rings is 2. The summed E-state index contributed by atoms with van der Waals surface area (Å²) in [6, 6.07) is 19.4. The van der Waals surface area contributed by atoms with Crippen LogP contribution in [0.3, 0.4) is 0 Å². The molecule has 0 bridgehead atoms. The molecule has 0 saturated carbocycles. The number of likely N-dealkylation sites (tertiary alicyclic amines) is 1. The maximum atomic E-state index is 12.3. The second kappa shape index (κ2) is 7.94. The highest BCUT2D eigenvalue weighted by Gasteiger charge is 2.37. The van der Waals surface area contributed by atoms with Crippen molar-refractivity contribution in [2.24, 2.45) is 5.92 Å². The van der Waals surface area contributed by atoms with Crippen molar-refractivity contribution < 1.29 is 14.4 Å². The first-order chi connectivity index (χ1) is 12.1. The van der Waals surface area contributed by atoms with Gasteiger partial charge in [-0.25, -0.2) is 5.48 Å². The van der Waals surface area contributed by atoms with E-state index in [1.807, 2.05) is 67.6 Å². The van der Waals surface area contributed by atoms with Crippen LogP contribution < -0.4 is 5.48 Å². The normalized spacial score (nSPS) is 18.2. The van der Waals surface area contributed by atoms with Gasteiger partial charge in [0.05, 0.1) is 18.6 Å². The van der Waals surface area contributed by atoms with Crippen LogP contribution in [0.1, 0.15) is 30.5 Å². The molecule has 2 aromatic rings. The summed E-state index contributed by atoms with van der Waals surface area (Å²) in [4.78, 5) is 31.6. The lowest BCUT2D eigenvalue weighted by molar-refractivity contribution is -0.138. The van der Waals surface area contributed by atoms with Crippen molar-refractivity contribution in [2.75, 3.05) is 6.54 Å². The van der Waals surface area contributed by atoms with Gasteiger partial charge in [0, 0.05) is 13.0 Å². The van der Waals surface area contributed by atoms with Gasteiger partial charge in [0.25, 0.3) is 0 Å². The van der Waals surface area contributed by atoms with Gasteiger partial charge in [-0.3, -0.25) is 14.4 Å². The molecule has 1 saturated heterocycles. The minimum Gasteiger partial charge on any atom is -0.335 e. The summed E-state index contributed by atoms with van der Waals surface area (Å²) < 4.78 is 0. The van der Waals surface area contributed by atoms with Gasteiger partial charge in [0.2, 0.25) is 11.8 Å². The molecule has 2 amide bonds. The molecule has 25 heavy (non-hydrogen) atoms. The molecule has 130 valence electrons. The molecule has 0 aliphatic carbocycles. The molecule has 2 aromatic carbocycles. The zero-order valence-corrected chi connectivity index (χ0v) is 14.2. The van der Waals surface area contributed by atoms with Crippen LogP contribution in [0, 0.1) is 5.92 Å². The highest BCUT2D eigenvalue weighted by Crippen LogP contribution is 2.28. The number of hydroxylamine groups is 1. The van der Waals surface area contributed by atoms with Crippen LogP contribution in [0.5, 0.6) is 0 Å². The van der Waals surface area contributed by atoms with Gasteiger partial charge < -0.3 is 4.90 Å². The van der Waals surface area contributed by atoms with E-state index in [4.69, 9.17) is 4.84 Å². The molecule has 1 heterocycles. The zero-order valence-electron chi connectivity index (χ0n) is 14.2. The lowest BCUT2D eigenvalue weighted by Gasteiger charge is -2.25. The smallest absolute Gasteiger partial charge is 0.248 e. The third-order valence-electron chi connectivity index (χ3n) is 4.53. The highest BCUT2D eigenvalue weighted by atomic mass is 16.6. The first kappa shape index (κ1) is 17.2. The molecule has 0 unspecified atom stereocenters. The van der Waals surface area contributed by atoms with Crippen molar-refractivity contribution in [3.63, 3.8) is 0 Å². The van der Waals surface area contributed by atoms with Gasteiger partial charge >= 0.3 is 0 Å². The molecule has 1 N–H and O–H groups in total. The van der Waals surface area contributed by atoms with Gasteiger partial charge in [0.15, 0.2) is 0 Å². The molecule has 1 aliphatic heterocycles. The van der Waals surface area contributed by atoms with E-state index in [2.05, 4.69) is 5.48 Å². The Morgan fingerprint density at radius 2 is 1.80 bits per heavy atom. The van der Waals surface area contributed by atoms with Gasteiger partial charge in [-0.05, 0) is 18.1 Å². The fourth-order valence-corrected chi connectivity index (χ4v) is 3.04. The molecule has 5 nitrogen and oxygen atoms in total. The predicted octanol–water partition coefficient (Wildman–Crippen LogP) is 2.84. The average molecular weight is 338 g/mol. The van der Waals surface area contributed by atoms with Crippen molar-refractivity contribution in [3.05, 3.63) is 71.8 Å². The summed E-state index contributed by atoms with van der Waals surface area (Å²) in [6.45, 7) is 2.70. The van der Waals surface area contributed by atoms with Crippen molar-refractivity contribution in [3.8, 4) is 0 Å². The van der Waals surface area contributed by atoms with Gasteiger partial charge in [-0.15, -0.1) is 0 Å². The van der Waals surface area contributed by atoms with E-state index in [0.717, 1.165) is 11.1 Å². The number of nitrogens with zero attached hydrogens (tertiary/aromatic N) is 1. The molecular formula is C20H22N2O3. The minimum atomic E-state index is -0.380. The summed E-state index contributed by atoms with van der Waals surface area (Å²) in [5, 5.41) is 0. The van der Waals surface area contributed by atoms with Crippen molar-refractivity contribution in [1.82, 2.24) is 10.4 Å². The minimum absolute atomic E-state index is 0.000405. The molecule has 1 aliphatic rings. The highest BCUT2D eigenvalue weighted by molar-refractivity contribution is 5.89. The molecule has 0 spiro atoms. The molecule has 1 fully saturated rings. The van der Waals surface area contributed by atoms with E-state index in [1.54, 1.807) is 4.90 Å². The Bertz CT molecular complexity index is 718. The third kappa shape index (κ3) is 4.25. The Morgan fingerprint density at radius 1 is 1.16 bits per heavy atom. The lowest BCUT2D eigenvalue weighted by Crippen LogP contribution is -2.33. The Morgan fingerprint density at radius 3 is 2.48 bits per heavy atom. The van der Waals surface area contributed by atoms with E-state index in [9.17, 15) is 9.59 Å². The Balaban J connectivity index is 1.52. The van der Waals surface area contributed by atoms with Crippen molar-refractivity contribution in [1.29, 1.82) is 0 Å². The molecule has 3 rings (SSSR count). The van der Waals surface area contributed by atoms with Crippen LogP contribution in [0.2, 0.25) is 0 Å². The predicted molar refractivity (Wildman–Crippen MR) is 94.1 cm³/mol. The first-order valence-corrected chi connectivity index (χ1v) is 8.45. The molecule has 0 radical (unpaired) electrons. The summed E-state index contributed by atoms with van der Waals surface area (Å²) in [5.74, 6) is -0.624. The monoisotopic (exact) mass is 338 g/mol. The van der Waals surface area contributed by atoms with Crippen LogP contribution in [-0.2, 0) is 21.0 Å². The van der Waals surface area contributed by atoms with Gasteiger partial charge in [-0.1, -0.05) is 60.7 Å². The van der Waals surface area contributed by atoms with Crippen LogP contribution in [0.25, 0.3) is 0 Å². The molecule has 0 aromatic heterocycles. The standard InChI is InChI=1S/C20H22N2O3/c1-15(17-10-6-3-7-11-17)22-13-18(12-19(22)23)20(24)21-25-14-16-8-4-2-5-9-16/h2-11,15,18H,12-14H2,1H3,(H,21,24)/t15-,18-/m0/s1. The van der Waals surface area contributed by atoms with Crippen LogP contribution >= 0.6 is 0 Å². The number of hydrogen-bond donors (Lipinski definition) is 1. The molecule has 2 atom stereocenters. The number of rotatable bonds is 6. The van der Waals surface area contributed by atoms with E-state index in [-0.39, 0.29) is 30.2 Å². The maximum Gasteiger partial charge on any atom is 0.248 e. The van der Waals surface area contributed by atoms with Crippen LogP contribution in [0.4, 0.5) is 0 Å². The summed E-state index contributed by atoms with van der Waals surface area (Å²) in [5.41, 5.74) is 4.52. The number of amides is 2. The second-order valence-electron chi connectivity index (χ2n) is 6.27.